The van der Waals surface area contributed by atoms with Crippen molar-refractivity contribution < 1.29 is 5.11 Å². The van der Waals surface area contributed by atoms with Crippen molar-refractivity contribution in [3.05, 3.63) is 23.2 Å². The van der Waals surface area contributed by atoms with Gasteiger partial charge in [0.05, 0.1) is 16.8 Å². The van der Waals surface area contributed by atoms with Crippen molar-refractivity contribution in [3.8, 4) is 0 Å². The first kappa shape index (κ1) is 14.1. The van der Waals surface area contributed by atoms with Crippen LogP contribution in [0.3, 0.4) is 0 Å². The van der Waals surface area contributed by atoms with Crippen LogP contribution in [0.25, 0.3) is 0 Å². The Morgan fingerprint density at radius 1 is 1.35 bits per heavy atom. The predicted octanol–water partition coefficient (Wildman–Crippen LogP) is 3.13. The minimum Gasteiger partial charge on any atom is -0.399 e. The lowest BCUT2D eigenvalue weighted by Gasteiger charge is -2.21. The van der Waals surface area contributed by atoms with Crippen LogP contribution in [-0.4, -0.2) is 17.8 Å². The molecule has 1 unspecified atom stereocenters. The van der Waals surface area contributed by atoms with E-state index in [4.69, 9.17) is 17.3 Å². The Hall–Kier alpha value is -0.930. The Morgan fingerprint density at radius 2 is 2.00 bits per heavy atom. The van der Waals surface area contributed by atoms with Gasteiger partial charge in [0.15, 0.2) is 0 Å². The zero-order valence-corrected chi connectivity index (χ0v) is 11.2. The molecule has 96 valence electrons. The van der Waals surface area contributed by atoms with Crippen molar-refractivity contribution >= 4 is 23.0 Å². The first-order valence-corrected chi connectivity index (χ1v) is 6.43. The molecule has 4 N–H and O–H groups in total. The molecule has 0 aliphatic heterocycles. The van der Waals surface area contributed by atoms with E-state index in [1.54, 1.807) is 12.1 Å². The molecule has 0 aliphatic rings. The number of aliphatic hydroxyl groups is 1. The highest BCUT2D eigenvalue weighted by Crippen LogP contribution is 2.24. The summed E-state index contributed by atoms with van der Waals surface area (Å²) in [5, 5.41) is 13.7. The van der Waals surface area contributed by atoms with Gasteiger partial charge in [0.2, 0.25) is 0 Å². The monoisotopic (exact) mass is 256 g/mol. The van der Waals surface area contributed by atoms with E-state index >= 15 is 0 Å². The molecule has 0 saturated heterocycles. The maximum atomic E-state index is 9.99. The molecule has 0 aromatic heterocycles. The Kier molecular flexibility index (Phi) is 5.59. The minimum atomic E-state index is -0.349. The number of anilines is 2. The Morgan fingerprint density at radius 3 is 2.53 bits per heavy atom. The minimum absolute atomic E-state index is 0.329. The first-order chi connectivity index (χ1) is 8.08. The van der Waals surface area contributed by atoms with Gasteiger partial charge in [-0.05, 0) is 24.1 Å². The molecule has 0 bridgehead atoms. The summed E-state index contributed by atoms with van der Waals surface area (Å²) < 4.78 is 0. The largest absolute Gasteiger partial charge is 0.399 e. The van der Waals surface area contributed by atoms with Gasteiger partial charge in [0.25, 0.3) is 0 Å². The summed E-state index contributed by atoms with van der Waals surface area (Å²) in [5.74, 6) is 0.329. The van der Waals surface area contributed by atoms with Crippen molar-refractivity contribution in [1.29, 1.82) is 0 Å². The molecule has 1 rings (SSSR count). The lowest BCUT2D eigenvalue weighted by molar-refractivity contribution is 0.114. The van der Waals surface area contributed by atoms with Crippen molar-refractivity contribution in [2.24, 2.45) is 5.92 Å². The van der Waals surface area contributed by atoms with Gasteiger partial charge in [0.1, 0.15) is 0 Å². The third-order valence-electron chi connectivity index (χ3n) is 3.09. The van der Waals surface area contributed by atoms with Crippen LogP contribution in [0, 0.1) is 5.92 Å². The molecule has 0 aliphatic carbocycles. The number of aliphatic hydroxyl groups excluding tert-OH is 1. The van der Waals surface area contributed by atoms with Crippen LogP contribution in [0.1, 0.15) is 26.7 Å². The highest BCUT2D eigenvalue weighted by atomic mass is 35.5. The van der Waals surface area contributed by atoms with Crippen molar-refractivity contribution in [2.75, 3.05) is 17.6 Å². The Balaban J connectivity index is 2.55. The zero-order chi connectivity index (χ0) is 12.8. The maximum Gasteiger partial charge on any atom is 0.0740 e. The average molecular weight is 257 g/mol. The number of nitrogen functional groups attached to an aromatic ring is 1. The molecule has 0 spiro atoms. The summed E-state index contributed by atoms with van der Waals surface area (Å²) in [6, 6.07) is 5.32. The number of benzene rings is 1. The molecule has 0 heterocycles. The van der Waals surface area contributed by atoms with Crippen LogP contribution in [0.2, 0.25) is 5.02 Å². The summed E-state index contributed by atoms with van der Waals surface area (Å²) in [6.07, 6.45) is 1.61. The Labute approximate surface area is 108 Å². The van der Waals surface area contributed by atoms with Gasteiger partial charge in [-0.3, -0.25) is 0 Å². The van der Waals surface area contributed by atoms with E-state index in [9.17, 15) is 5.11 Å². The highest BCUT2D eigenvalue weighted by Gasteiger charge is 2.15. The van der Waals surface area contributed by atoms with Crippen LogP contribution in [0.5, 0.6) is 0 Å². The standard InChI is InChI=1S/C13H21ClN2O/c1-3-9(4-2)13(17)8-16-12-6-5-10(15)7-11(12)14/h5-7,9,13,16-17H,3-4,8,15H2,1-2H3. The van der Waals surface area contributed by atoms with Gasteiger partial charge < -0.3 is 16.2 Å². The van der Waals surface area contributed by atoms with Gasteiger partial charge in [-0.25, -0.2) is 0 Å². The molecule has 1 aromatic rings. The summed E-state index contributed by atoms with van der Waals surface area (Å²) in [7, 11) is 0. The average Bonchev–Trinajstić information content (AvgIpc) is 2.29. The van der Waals surface area contributed by atoms with Gasteiger partial charge in [-0.15, -0.1) is 0 Å². The van der Waals surface area contributed by atoms with Gasteiger partial charge in [0, 0.05) is 12.2 Å². The topological polar surface area (TPSA) is 58.3 Å². The molecular weight excluding hydrogens is 236 g/mol. The van der Waals surface area contributed by atoms with E-state index in [-0.39, 0.29) is 6.10 Å². The zero-order valence-electron chi connectivity index (χ0n) is 10.4. The van der Waals surface area contributed by atoms with E-state index < -0.39 is 0 Å². The molecule has 17 heavy (non-hydrogen) atoms. The second kappa shape index (κ2) is 6.72. The normalized spacial score (nSPS) is 12.8. The van der Waals surface area contributed by atoms with Gasteiger partial charge >= 0.3 is 0 Å². The number of nitrogens with two attached hydrogens (primary N) is 1. The molecule has 0 saturated carbocycles. The number of hydrogen-bond acceptors (Lipinski definition) is 3. The lowest BCUT2D eigenvalue weighted by atomic mass is 9.96. The van der Waals surface area contributed by atoms with Crippen molar-refractivity contribution in [1.82, 2.24) is 0 Å². The smallest absolute Gasteiger partial charge is 0.0740 e. The molecule has 4 heteroatoms. The molecule has 1 aromatic carbocycles. The molecule has 0 amide bonds. The summed E-state index contributed by atoms with van der Waals surface area (Å²) >= 11 is 6.04. The maximum absolute atomic E-state index is 9.99. The highest BCUT2D eigenvalue weighted by molar-refractivity contribution is 6.33. The lowest BCUT2D eigenvalue weighted by Crippen LogP contribution is -2.27. The first-order valence-electron chi connectivity index (χ1n) is 6.05. The van der Waals surface area contributed by atoms with Crippen LogP contribution < -0.4 is 11.1 Å². The van der Waals surface area contributed by atoms with Crippen molar-refractivity contribution in [3.63, 3.8) is 0 Å². The fourth-order valence-electron chi connectivity index (χ4n) is 1.89. The summed E-state index contributed by atoms with van der Waals surface area (Å²) in [4.78, 5) is 0. The predicted molar refractivity (Wildman–Crippen MR) is 74.4 cm³/mol. The van der Waals surface area contributed by atoms with E-state index in [0.29, 0.717) is 23.2 Å². The number of halogens is 1. The SMILES string of the molecule is CCC(CC)C(O)CNc1ccc(N)cc1Cl. The number of nitrogens with one attached hydrogen (secondary N) is 1. The molecule has 3 nitrogen and oxygen atoms in total. The summed E-state index contributed by atoms with van der Waals surface area (Å²) in [6.45, 7) is 4.69. The molecule has 0 radical (unpaired) electrons. The molecule has 1 atom stereocenters. The fourth-order valence-corrected chi connectivity index (χ4v) is 2.14. The molecule has 0 fully saturated rings. The van der Waals surface area contributed by atoms with Crippen LogP contribution in [0.15, 0.2) is 18.2 Å². The Bertz CT molecular complexity index is 353. The quantitative estimate of drug-likeness (QED) is 0.686. The van der Waals surface area contributed by atoms with E-state index in [1.807, 2.05) is 6.07 Å². The number of hydrogen-bond donors (Lipinski definition) is 3. The summed E-state index contributed by atoms with van der Waals surface area (Å²) in [5.41, 5.74) is 7.06. The molecular formula is C13H21ClN2O. The fraction of sp³-hybridized carbons (Fsp3) is 0.538. The van der Waals surface area contributed by atoms with Crippen LogP contribution >= 0.6 is 11.6 Å². The third kappa shape index (κ3) is 4.10. The van der Waals surface area contributed by atoms with Crippen molar-refractivity contribution in [2.45, 2.75) is 32.8 Å². The van der Waals surface area contributed by atoms with E-state index in [1.165, 1.54) is 0 Å². The van der Waals surface area contributed by atoms with Crippen LogP contribution in [0.4, 0.5) is 11.4 Å². The van der Waals surface area contributed by atoms with E-state index in [0.717, 1.165) is 18.5 Å². The number of rotatable bonds is 6. The second-order valence-corrected chi connectivity index (χ2v) is 4.67. The van der Waals surface area contributed by atoms with Crippen LogP contribution in [-0.2, 0) is 0 Å². The second-order valence-electron chi connectivity index (χ2n) is 4.26. The van der Waals surface area contributed by atoms with Gasteiger partial charge in [-0.2, -0.15) is 0 Å². The third-order valence-corrected chi connectivity index (χ3v) is 3.40. The van der Waals surface area contributed by atoms with Gasteiger partial charge in [-0.1, -0.05) is 38.3 Å². The van der Waals surface area contributed by atoms with E-state index in [2.05, 4.69) is 19.2 Å².